The molecule has 1 heterocycles. The maximum absolute atomic E-state index is 6.09. The average Bonchev–Trinajstić information content (AvgIpc) is 2.45. The molecule has 3 heteroatoms. The van der Waals surface area contributed by atoms with E-state index in [0.29, 0.717) is 11.9 Å². The highest BCUT2D eigenvalue weighted by molar-refractivity contribution is 6.17. The second kappa shape index (κ2) is 6.56. The summed E-state index contributed by atoms with van der Waals surface area (Å²) in [6, 6.07) is 4.91. The molecule has 2 rings (SSSR count). The van der Waals surface area contributed by atoms with Crippen LogP contribution in [0.4, 0.5) is 5.82 Å². The minimum Gasteiger partial charge on any atom is -0.356 e. The lowest BCUT2D eigenvalue weighted by Crippen LogP contribution is -2.39. The van der Waals surface area contributed by atoms with Crippen LogP contribution in [0.25, 0.3) is 0 Å². The highest BCUT2D eigenvalue weighted by atomic mass is 35.5. The third kappa shape index (κ3) is 3.91. The summed E-state index contributed by atoms with van der Waals surface area (Å²) >= 11 is 6.09. The van der Waals surface area contributed by atoms with Gasteiger partial charge in [-0.3, -0.25) is 0 Å². The van der Waals surface area contributed by atoms with Crippen LogP contribution in [0.1, 0.15) is 64.6 Å². The van der Waals surface area contributed by atoms with Gasteiger partial charge in [0.2, 0.25) is 0 Å². The summed E-state index contributed by atoms with van der Waals surface area (Å²) in [5.41, 5.74) is 2.35. The molecule has 1 saturated carbocycles. The first kappa shape index (κ1) is 16.6. The fraction of sp³-hybridized carbons (Fsp3) is 0.722. The molecule has 1 aliphatic carbocycles. The van der Waals surface area contributed by atoms with Crippen LogP contribution in [0.3, 0.4) is 0 Å². The lowest BCUT2D eigenvalue weighted by atomic mass is 9.85. The smallest absolute Gasteiger partial charge is 0.129 e. The highest BCUT2D eigenvalue weighted by Crippen LogP contribution is 2.32. The molecule has 0 spiro atoms. The Kier molecular flexibility index (Phi) is 5.19. The van der Waals surface area contributed by atoms with E-state index in [-0.39, 0.29) is 5.41 Å². The lowest BCUT2D eigenvalue weighted by molar-refractivity contribution is 0.320. The highest BCUT2D eigenvalue weighted by Gasteiger charge is 2.27. The Morgan fingerprint density at radius 1 is 1.24 bits per heavy atom. The molecule has 2 atom stereocenters. The van der Waals surface area contributed by atoms with Gasteiger partial charge < -0.3 is 4.90 Å². The van der Waals surface area contributed by atoms with E-state index in [1.165, 1.54) is 31.2 Å². The topological polar surface area (TPSA) is 16.1 Å². The van der Waals surface area contributed by atoms with Crippen molar-refractivity contribution in [3.63, 3.8) is 0 Å². The number of rotatable bonds is 3. The lowest BCUT2D eigenvalue weighted by Gasteiger charge is -2.37. The first-order valence-corrected chi connectivity index (χ1v) is 8.66. The van der Waals surface area contributed by atoms with Crippen LogP contribution in [0.2, 0.25) is 0 Å². The third-order valence-corrected chi connectivity index (χ3v) is 5.03. The van der Waals surface area contributed by atoms with Gasteiger partial charge in [0.25, 0.3) is 0 Å². The van der Waals surface area contributed by atoms with E-state index in [1.54, 1.807) is 0 Å². The normalized spacial score (nSPS) is 23.1. The number of pyridine rings is 1. The molecule has 0 bridgehead atoms. The van der Waals surface area contributed by atoms with Crippen molar-refractivity contribution >= 4 is 17.4 Å². The van der Waals surface area contributed by atoms with E-state index >= 15 is 0 Å². The standard InChI is InChI=1S/C18H29ClN2/c1-13-8-6-7-9-15(13)21(5)17-11-14(12-19)10-16(20-17)18(2,3)4/h10-11,13,15H,6-9,12H2,1-5H3. The largest absolute Gasteiger partial charge is 0.356 e. The molecule has 1 aromatic rings. The molecule has 2 nitrogen and oxygen atoms in total. The van der Waals surface area contributed by atoms with E-state index in [4.69, 9.17) is 16.6 Å². The number of aromatic nitrogens is 1. The molecule has 1 aliphatic rings. The second-order valence-electron chi connectivity index (χ2n) is 7.54. The van der Waals surface area contributed by atoms with Crippen molar-refractivity contribution in [2.45, 2.75) is 70.7 Å². The summed E-state index contributed by atoms with van der Waals surface area (Å²) in [5.74, 6) is 2.37. The van der Waals surface area contributed by atoms with Gasteiger partial charge in [0.15, 0.2) is 0 Å². The number of halogens is 1. The minimum absolute atomic E-state index is 0.0514. The number of anilines is 1. The minimum atomic E-state index is 0.0514. The average molecular weight is 309 g/mol. The van der Waals surface area contributed by atoms with Crippen LogP contribution in [-0.2, 0) is 11.3 Å². The van der Waals surface area contributed by atoms with Crippen LogP contribution >= 0.6 is 11.6 Å². The molecule has 0 saturated heterocycles. The van der Waals surface area contributed by atoms with Crippen molar-refractivity contribution < 1.29 is 0 Å². The summed E-state index contributed by atoms with van der Waals surface area (Å²) in [6.07, 6.45) is 5.31. The number of alkyl halides is 1. The molecule has 118 valence electrons. The van der Waals surface area contributed by atoms with Gasteiger partial charge in [0, 0.05) is 30.1 Å². The summed E-state index contributed by atoms with van der Waals surface area (Å²) in [5, 5.41) is 0. The Labute approximate surface area is 134 Å². The Balaban J connectivity index is 2.33. The van der Waals surface area contributed by atoms with Gasteiger partial charge >= 0.3 is 0 Å². The molecular formula is C18H29ClN2. The maximum Gasteiger partial charge on any atom is 0.129 e. The van der Waals surface area contributed by atoms with E-state index in [0.717, 1.165) is 17.4 Å². The molecule has 21 heavy (non-hydrogen) atoms. The first-order chi connectivity index (χ1) is 9.82. The van der Waals surface area contributed by atoms with Crippen molar-refractivity contribution in [1.29, 1.82) is 0 Å². The van der Waals surface area contributed by atoms with Gasteiger partial charge in [-0.15, -0.1) is 11.6 Å². The van der Waals surface area contributed by atoms with E-state index in [9.17, 15) is 0 Å². The monoisotopic (exact) mass is 308 g/mol. The zero-order valence-corrected chi connectivity index (χ0v) is 14.9. The van der Waals surface area contributed by atoms with Gasteiger partial charge in [-0.25, -0.2) is 4.98 Å². The molecule has 0 radical (unpaired) electrons. The van der Waals surface area contributed by atoms with Crippen LogP contribution in [-0.4, -0.2) is 18.1 Å². The Hall–Kier alpha value is -0.760. The molecule has 0 N–H and O–H groups in total. The maximum atomic E-state index is 6.09. The van der Waals surface area contributed by atoms with Crippen molar-refractivity contribution in [3.05, 3.63) is 23.4 Å². The molecule has 0 aliphatic heterocycles. The second-order valence-corrected chi connectivity index (χ2v) is 7.81. The van der Waals surface area contributed by atoms with Crippen molar-refractivity contribution in [2.24, 2.45) is 5.92 Å². The first-order valence-electron chi connectivity index (χ1n) is 8.13. The summed E-state index contributed by atoms with van der Waals surface area (Å²) in [7, 11) is 2.19. The third-order valence-electron chi connectivity index (χ3n) is 4.72. The molecule has 1 aromatic heterocycles. The Morgan fingerprint density at radius 2 is 1.90 bits per heavy atom. The molecule has 1 fully saturated rings. The van der Waals surface area contributed by atoms with E-state index < -0.39 is 0 Å². The fourth-order valence-electron chi connectivity index (χ4n) is 3.26. The zero-order chi connectivity index (χ0) is 15.6. The van der Waals surface area contributed by atoms with Crippen LogP contribution in [0.5, 0.6) is 0 Å². The van der Waals surface area contributed by atoms with Gasteiger partial charge in [0.1, 0.15) is 5.82 Å². The van der Waals surface area contributed by atoms with Gasteiger partial charge in [-0.05, 0) is 36.5 Å². The Morgan fingerprint density at radius 3 is 2.48 bits per heavy atom. The predicted molar refractivity (Wildman–Crippen MR) is 92.3 cm³/mol. The van der Waals surface area contributed by atoms with E-state index in [1.807, 2.05) is 0 Å². The quantitative estimate of drug-likeness (QED) is 0.719. The summed E-state index contributed by atoms with van der Waals surface area (Å²) < 4.78 is 0. The summed E-state index contributed by atoms with van der Waals surface area (Å²) in [4.78, 5) is 7.31. The van der Waals surface area contributed by atoms with Crippen LogP contribution in [0.15, 0.2) is 12.1 Å². The number of hydrogen-bond acceptors (Lipinski definition) is 2. The van der Waals surface area contributed by atoms with Crippen LogP contribution < -0.4 is 4.90 Å². The van der Waals surface area contributed by atoms with Crippen LogP contribution in [0, 0.1) is 5.92 Å². The van der Waals surface area contributed by atoms with Gasteiger partial charge in [-0.1, -0.05) is 40.5 Å². The molecule has 2 unspecified atom stereocenters. The van der Waals surface area contributed by atoms with Crippen molar-refractivity contribution in [1.82, 2.24) is 4.98 Å². The Bertz CT molecular complexity index is 479. The summed E-state index contributed by atoms with van der Waals surface area (Å²) in [6.45, 7) is 9.00. The fourth-order valence-corrected chi connectivity index (χ4v) is 3.41. The number of nitrogens with zero attached hydrogens (tertiary/aromatic N) is 2. The van der Waals surface area contributed by atoms with Gasteiger partial charge in [-0.2, -0.15) is 0 Å². The van der Waals surface area contributed by atoms with E-state index in [2.05, 4.69) is 51.8 Å². The van der Waals surface area contributed by atoms with Gasteiger partial charge in [0.05, 0.1) is 0 Å². The van der Waals surface area contributed by atoms with Crippen molar-refractivity contribution in [2.75, 3.05) is 11.9 Å². The molecule has 0 amide bonds. The van der Waals surface area contributed by atoms with Crippen molar-refractivity contribution in [3.8, 4) is 0 Å². The predicted octanol–water partition coefficient (Wildman–Crippen LogP) is 5.13. The SMILES string of the molecule is CC1CCCCC1N(C)c1cc(CCl)cc(C(C)(C)C)n1. The molecular weight excluding hydrogens is 280 g/mol. The zero-order valence-electron chi connectivity index (χ0n) is 14.1. The molecule has 0 aromatic carbocycles. The number of hydrogen-bond donors (Lipinski definition) is 0.